The molecule has 86 valence electrons. The number of carboxylic acids is 2. The minimum Gasteiger partial charge on any atom is -0.477 e. The Kier molecular flexibility index (Phi) is 2.56. The molecule has 0 saturated carbocycles. The van der Waals surface area contributed by atoms with E-state index < -0.39 is 23.5 Å². The molecule has 0 radical (unpaired) electrons. The first-order valence-corrected chi connectivity index (χ1v) is 5.09. The van der Waals surface area contributed by atoms with E-state index in [1.165, 1.54) is 12.1 Å². The second kappa shape index (κ2) is 3.91. The second-order valence-electron chi connectivity index (χ2n) is 3.00. The lowest BCUT2D eigenvalue weighted by atomic mass is 10.1. The Labute approximate surface area is 97.7 Å². The van der Waals surface area contributed by atoms with Crippen LogP contribution in [0.25, 0.3) is 5.57 Å². The molecule has 1 amide bonds. The molecule has 0 fully saturated rings. The molecule has 1 aliphatic heterocycles. The summed E-state index contributed by atoms with van der Waals surface area (Å²) in [5, 5.41) is 23.9. The van der Waals surface area contributed by atoms with Crippen LogP contribution in [0.2, 0.25) is 0 Å². The highest BCUT2D eigenvalue weighted by atomic mass is 32.1. The predicted molar refractivity (Wildman–Crippen MR) is 55.7 cm³/mol. The highest BCUT2D eigenvalue weighted by Crippen LogP contribution is 2.31. The van der Waals surface area contributed by atoms with Crippen molar-refractivity contribution in [2.24, 2.45) is 10.2 Å². The normalized spacial score (nSPS) is 14.5. The van der Waals surface area contributed by atoms with E-state index in [2.05, 4.69) is 10.2 Å². The summed E-state index contributed by atoms with van der Waals surface area (Å²) in [5.41, 5.74) is -0.635. The van der Waals surface area contributed by atoms with E-state index in [4.69, 9.17) is 10.2 Å². The molecule has 0 bridgehead atoms. The number of carbonyl (C=O) groups excluding carboxylic acids is 1. The molecule has 0 saturated heterocycles. The van der Waals surface area contributed by atoms with Gasteiger partial charge in [0.05, 0.1) is 5.57 Å². The third kappa shape index (κ3) is 1.85. The van der Waals surface area contributed by atoms with Crippen molar-refractivity contribution in [2.45, 2.75) is 0 Å². The van der Waals surface area contributed by atoms with Gasteiger partial charge < -0.3 is 10.2 Å². The van der Waals surface area contributed by atoms with Crippen molar-refractivity contribution in [1.82, 2.24) is 0 Å². The summed E-state index contributed by atoms with van der Waals surface area (Å²) in [6, 6.07) is 2.65. The summed E-state index contributed by atoms with van der Waals surface area (Å²) < 4.78 is 0. The van der Waals surface area contributed by atoms with Crippen LogP contribution in [-0.4, -0.2) is 28.1 Å². The maximum absolute atomic E-state index is 11.3. The lowest BCUT2D eigenvalue weighted by Gasteiger charge is -1.95. The molecule has 2 N–H and O–H groups in total. The van der Waals surface area contributed by atoms with E-state index in [0.717, 1.165) is 11.3 Å². The van der Waals surface area contributed by atoms with Crippen LogP contribution >= 0.6 is 11.3 Å². The van der Waals surface area contributed by atoms with Crippen LogP contribution in [0.3, 0.4) is 0 Å². The number of aromatic carboxylic acids is 1. The number of amides is 1. The highest BCUT2D eigenvalue weighted by molar-refractivity contribution is 7.15. The van der Waals surface area contributed by atoms with Crippen molar-refractivity contribution in [3.8, 4) is 0 Å². The third-order valence-corrected chi connectivity index (χ3v) is 3.05. The van der Waals surface area contributed by atoms with Crippen molar-refractivity contribution < 1.29 is 24.6 Å². The van der Waals surface area contributed by atoms with E-state index in [1.807, 2.05) is 0 Å². The quantitative estimate of drug-likeness (QED) is 0.839. The fraction of sp³-hybridized carbons (Fsp3) is 0. The topological polar surface area (TPSA) is 116 Å². The van der Waals surface area contributed by atoms with Crippen molar-refractivity contribution >= 4 is 34.8 Å². The molecule has 1 aromatic rings. The van der Waals surface area contributed by atoms with Gasteiger partial charge in [0.1, 0.15) is 4.88 Å². The second-order valence-corrected chi connectivity index (χ2v) is 4.09. The number of hydrogen-bond acceptors (Lipinski definition) is 5. The van der Waals surface area contributed by atoms with Gasteiger partial charge in [-0.05, 0) is 12.1 Å². The number of thiophene rings is 1. The first kappa shape index (κ1) is 11.1. The van der Waals surface area contributed by atoms with Crippen LogP contribution in [-0.2, 0) is 9.59 Å². The smallest absolute Gasteiger partial charge is 0.357 e. The molecule has 2 rings (SSSR count). The number of carbonyl (C=O) groups is 3. The van der Waals surface area contributed by atoms with Crippen molar-refractivity contribution in [3.63, 3.8) is 0 Å². The monoisotopic (exact) mass is 252 g/mol. The van der Waals surface area contributed by atoms with Crippen LogP contribution in [0.15, 0.2) is 28.1 Å². The third-order valence-electron chi connectivity index (χ3n) is 1.96. The maximum Gasteiger partial charge on any atom is 0.357 e. The molecule has 8 heteroatoms. The average Bonchev–Trinajstić information content (AvgIpc) is 2.82. The molecular formula is C9H4N2O5S. The van der Waals surface area contributed by atoms with Gasteiger partial charge in [0.25, 0.3) is 5.91 Å². The van der Waals surface area contributed by atoms with Gasteiger partial charge in [0.2, 0.25) is 0 Å². The molecule has 0 unspecified atom stereocenters. The van der Waals surface area contributed by atoms with Crippen molar-refractivity contribution in [1.29, 1.82) is 0 Å². The average molecular weight is 252 g/mol. The molecule has 0 aromatic carbocycles. The highest BCUT2D eigenvalue weighted by Gasteiger charge is 2.29. The molecule has 1 aromatic heterocycles. The van der Waals surface area contributed by atoms with Crippen LogP contribution in [0.4, 0.5) is 0 Å². The van der Waals surface area contributed by atoms with Crippen LogP contribution in [0.1, 0.15) is 14.5 Å². The fourth-order valence-electron chi connectivity index (χ4n) is 1.26. The summed E-state index contributed by atoms with van der Waals surface area (Å²) in [7, 11) is 0. The van der Waals surface area contributed by atoms with Crippen molar-refractivity contribution in [2.75, 3.05) is 0 Å². The lowest BCUT2D eigenvalue weighted by molar-refractivity contribution is -0.132. The maximum atomic E-state index is 11.3. The largest absolute Gasteiger partial charge is 0.477 e. The summed E-state index contributed by atoms with van der Waals surface area (Å²) in [6.45, 7) is 0. The molecular weight excluding hydrogens is 248 g/mol. The van der Waals surface area contributed by atoms with E-state index in [9.17, 15) is 14.4 Å². The standard InChI is InChI=1S/C9H4N2O5S/c12-7-5(6(9(15)16)10-11-7)3-1-2-4(17-3)8(13)14/h1-2H,(H,13,14)(H,15,16). The Balaban J connectivity index is 2.51. The first-order valence-electron chi connectivity index (χ1n) is 4.28. The Morgan fingerprint density at radius 2 is 1.82 bits per heavy atom. The lowest BCUT2D eigenvalue weighted by Crippen LogP contribution is -2.01. The van der Waals surface area contributed by atoms with Crippen LogP contribution in [0, 0.1) is 0 Å². The van der Waals surface area contributed by atoms with Crippen molar-refractivity contribution in [3.05, 3.63) is 27.6 Å². The molecule has 0 atom stereocenters. The zero-order valence-electron chi connectivity index (χ0n) is 8.08. The Morgan fingerprint density at radius 1 is 1.12 bits per heavy atom. The van der Waals surface area contributed by atoms with E-state index in [0.29, 0.717) is 0 Å². The molecule has 7 nitrogen and oxygen atoms in total. The Hall–Kier alpha value is -2.35. The predicted octanol–water partition coefficient (Wildman–Crippen LogP) is 1.23. The van der Waals surface area contributed by atoms with Gasteiger partial charge in [0.15, 0.2) is 5.70 Å². The van der Waals surface area contributed by atoms with Crippen LogP contribution in [0.5, 0.6) is 0 Å². The Bertz CT molecular complexity index is 598. The van der Waals surface area contributed by atoms with Crippen LogP contribution < -0.4 is 0 Å². The summed E-state index contributed by atoms with van der Waals surface area (Å²) >= 11 is 0.802. The number of carboxylic acid groups (broad SMARTS) is 2. The summed E-state index contributed by atoms with van der Waals surface area (Å²) in [5.74, 6) is -3.29. The van der Waals surface area contributed by atoms with Gasteiger partial charge >= 0.3 is 11.9 Å². The van der Waals surface area contributed by atoms with E-state index in [-0.39, 0.29) is 15.3 Å². The van der Waals surface area contributed by atoms with Gasteiger partial charge in [-0.15, -0.1) is 21.6 Å². The zero-order valence-corrected chi connectivity index (χ0v) is 8.89. The SMILES string of the molecule is O=C(O)C1=C(c2ccc(C(=O)O)s2)C(=O)N=N1. The zero-order chi connectivity index (χ0) is 12.6. The van der Waals surface area contributed by atoms with Gasteiger partial charge in [-0.2, -0.15) is 0 Å². The number of azo groups is 1. The van der Waals surface area contributed by atoms with E-state index in [1.54, 1.807) is 0 Å². The molecule has 0 spiro atoms. The van der Waals surface area contributed by atoms with Gasteiger partial charge in [-0.3, -0.25) is 4.79 Å². The molecule has 17 heavy (non-hydrogen) atoms. The number of rotatable bonds is 3. The minimum absolute atomic E-state index is 0.0111. The van der Waals surface area contributed by atoms with Gasteiger partial charge in [-0.25, -0.2) is 9.59 Å². The number of aliphatic carboxylic acids is 1. The fourth-order valence-corrected chi connectivity index (χ4v) is 2.14. The van der Waals surface area contributed by atoms with E-state index >= 15 is 0 Å². The molecule has 2 heterocycles. The summed E-state index contributed by atoms with van der Waals surface area (Å²) in [4.78, 5) is 33.1. The number of nitrogens with zero attached hydrogens (tertiary/aromatic N) is 2. The Morgan fingerprint density at radius 3 is 2.35 bits per heavy atom. The molecule has 1 aliphatic rings. The number of hydrogen-bond donors (Lipinski definition) is 2. The first-order chi connectivity index (χ1) is 8.00. The minimum atomic E-state index is -1.38. The molecule has 0 aliphatic carbocycles. The summed E-state index contributed by atoms with van der Waals surface area (Å²) in [6.07, 6.45) is 0. The van der Waals surface area contributed by atoms with Gasteiger partial charge in [-0.1, -0.05) is 0 Å². The van der Waals surface area contributed by atoms with Gasteiger partial charge in [0, 0.05) is 4.88 Å².